The van der Waals surface area contributed by atoms with Crippen molar-refractivity contribution in [2.75, 3.05) is 19.6 Å². The second kappa shape index (κ2) is 4.79. The second-order valence-electron chi connectivity index (χ2n) is 5.59. The molecule has 1 aromatic rings. The topological polar surface area (TPSA) is 15.3 Å². The average molecular weight is 230 g/mol. The third-order valence-corrected chi connectivity index (χ3v) is 4.16. The van der Waals surface area contributed by atoms with Crippen LogP contribution in [0, 0.1) is 6.92 Å². The normalized spacial score (nSPS) is 29.2. The zero-order valence-electron chi connectivity index (χ0n) is 10.7. The summed E-state index contributed by atoms with van der Waals surface area (Å²) in [6.45, 7) is 5.92. The number of benzene rings is 1. The van der Waals surface area contributed by atoms with Gasteiger partial charge in [-0.15, -0.1) is 0 Å². The van der Waals surface area contributed by atoms with Gasteiger partial charge in [0, 0.05) is 25.2 Å². The summed E-state index contributed by atoms with van der Waals surface area (Å²) < 4.78 is 0. The summed E-state index contributed by atoms with van der Waals surface area (Å²) in [6, 6.07) is 10.4. The number of hydrogen-bond acceptors (Lipinski definition) is 2. The molecule has 0 radical (unpaired) electrons. The summed E-state index contributed by atoms with van der Waals surface area (Å²) in [5, 5.41) is 3.72. The standard InChI is InChI=1S/C15H22N2/c1-12-4-2-5-13(8-12)9-14-11-17-7-3-6-15(17)10-16-14/h2,4-5,8,14-16H,3,6-7,9-11H2,1H3/t14-,15+/m1/s1. The van der Waals surface area contributed by atoms with Crippen molar-refractivity contribution >= 4 is 0 Å². The van der Waals surface area contributed by atoms with Gasteiger partial charge < -0.3 is 5.32 Å². The van der Waals surface area contributed by atoms with Gasteiger partial charge in [-0.1, -0.05) is 29.8 Å². The van der Waals surface area contributed by atoms with Gasteiger partial charge in [0.2, 0.25) is 0 Å². The molecule has 2 heteroatoms. The van der Waals surface area contributed by atoms with Crippen molar-refractivity contribution in [3.63, 3.8) is 0 Å². The number of piperazine rings is 1. The molecule has 2 heterocycles. The van der Waals surface area contributed by atoms with Crippen molar-refractivity contribution in [1.82, 2.24) is 10.2 Å². The van der Waals surface area contributed by atoms with Crippen LogP contribution >= 0.6 is 0 Å². The maximum atomic E-state index is 3.72. The van der Waals surface area contributed by atoms with Gasteiger partial charge in [0.05, 0.1) is 0 Å². The van der Waals surface area contributed by atoms with Crippen molar-refractivity contribution in [1.29, 1.82) is 0 Å². The number of nitrogens with zero attached hydrogens (tertiary/aromatic N) is 1. The smallest absolute Gasteiger partial charge is 0.0236 e. The molecule has 92 valence electrons. The van der Waals surface area contributed by atoms with Crippen LogP contribution in [-0.4, -0.2) is 36.6 Å². The maximum Gasteiger partial charge on any atom is 0.0236 e. The first-order valence-corrected chi connectivity index (χ1v) is 6.84. The molecule has 0 unspecified atom stereocenters. The molecule has 1 N–H and O–H groups in total. The van der Waals surface area contributed by atoms with E-state index in [-0.39, 0.29) is 0 Å². The van der Waals surface area contributed by atoms with Crippen LogP contribution in [-0.2, 0) is 6.42 Å². The Hall–Kier alpha value is -0.860. The minimum absolute atomic E-state index is 0.645. The van der Waals surface area contributed by atoms with E-state index < -0.39 is 0 Å². The number of fused-ring (bicyclic) bond motifs is 1. The molecule has 1 aromatic carbocycles. The zero-order chi connectivity index (χ0) is 11.7. The molecular formula is C15H22N2. The lowest BCUT2D eigenvalue weighted by Crippen LogP contribution is -2.54. The molecule has 0 saturated carbocycles. The summed E-state index contributed by atoms with van der Waals surface area (Å²) in [6.07, 6.45) is 3.96. The number of hydrogen-bond donors (Lipinski definition) is 1. The van der Waals surface area contributed by atoms with Crippen LogP contribution in [0.4, 0.5) is 0 Å². The van der Waals surface area contributed by atoms with Crippen LogP contribution in [0.5, 0.6) is 0 Å². The first kappa shape index (κ1) is 11.2. The SMILES string of the molecule is Cc1cccc(C[C@@H]2CN3CCC[C@H]3CN2)c1. The fraction of sp³-hybridized carbons (Fsp3) is 0.600. The Morgan fingerprint density at radius 2 is 2.35 bits per heavy atom. The van der Waals surface area contributed by atoms with Gasteiger partial charge in [-0.2, -0.15) is 0 Å². The van der Waals surface area contributed by atoms with Gasteiger partial charge in [0.15, 0.2) is 0 Å². The van der Waals surface area contributed by atoms with E-state index in [0.29, 0.717) is 6.04 Å². The van der Waals surface area contributed by atoms with Crippen LogP contribution in [0.15, 0.2) is 24.3 Å². The molecule has 2 fully saturated rings. The van der Waals surface area contributed by atoms with E-state index in [4.69, 9.17) is 0 Å². The molecule has 0 aromatic heterocycles. The van der Waals surface area contributed by atoms with Crippen molar-refractivity contribution < 1.29 is 0 Å². The highest BCUT2D eigenvalue weighted by Gasteiger charge is 2.30. The van der Waals surface area contributed by atoms with E-state index >= 15 is 0 Å². The van der Waals surface area contributed by atoms with E-state index in [1.54, 1.807) is 0 Å². The highest BCUT2D eigenvalue weighted by atomic mass is 15.2. The lowest BCUT2D eigenvalue weighted by Gasteiger charge is -2.36. The van der Waals surface area contributed by atoms with Gasteiger partial charge in [0.25, 0.3) is 0 Å². The van der Waals surface area contributed by atoms with Gasteiger partial charge in [-0.05, 0) is 38.3 Å². The van der Waals surface area contributed by atoms with E-state index in [2.05, 4.69) is 41.4 Å². The highest BCUT2D eigenvalue weighted by molar-refractivity contribution is 5.23. The van der Waals surface area contributed by atoms with Crippen LogP contribution in [0.3, 0.4) is 0 Å². The van der Waals surface area contributed by atoms with Crippen LogP contribution in [0.25, 0.3) is 0 Å². The van der Waals surface area contributed by atoms with Crippen molar-refractivity contribution in [2.45, 2.75) is 38.3 Å². The summed E-state index contributed by atoms with van der Waals surface area (Å²) in [4.78, 5) is 2.68. The molecule has 0 aliphatic carbocycles. The summed E-state index contributed by atoms with van der Waals surface area (Å²) >= 11 is 0. The first-order valence-electron chi connectivity index (χ1n) is 6.84. The minimum atomic E-state index is 0.645. The highest BCUT2D eigenvalue weighted by Crippen LogP contribution is 2.21. The van der Waals surface area contributed by atoms with E-state index in [0.717, 1.165) is 6.04 Å². The van der Waals surface area contributed by atoms with Crippen molar-refractivity contribution in [3.05, 3.63) is 35.4 Å². The van der Waals surface area contributed by atoms with E-state index in [1.807, 2.05) is 0 Å². The van der Waals surface area contributed by atoms with Crippen LogP contribution in [0.2, 0.25) is 0 Å². The van der Waals surface area contributed by atoms with Gasteiger partial charge in [0.1, 0.15) is 0 Å². The Morgan fingerprint density at radius 1 is 1.41 bits per heavy atom. The summed E-state index contributed by atoms with van der Waals surface area (Å²) in [7, 11) is 0. The lowest BCUT2D eigenvalue weighted by atomic mass is 10.0. The molecule has 3 rings (SSSR count). The fourth-order valence-corrected chi connectivity index (χ4v) is 3.28. The van der Waals surface area contributed by atoms with Crippen LogP contribution < -0.4 is 5.32 Å². The predicted octanol–water partition coefficient (Wildman–Crippen LogP) is 1.97. The number of rotatable bonds is 2. The molecule has 0 bridgehead atoms. The zero-order valence-corrected chi connectivity index (χ0v) is 10.7. The fourth-order valence-electron chi connectivity index (χ4n) is 3.28. The number of aryl methyl sites for hydroxylation is 1. The summed E-state index contributed by atoms with van der Waals surface area (Å²) in [5.41, 5.74) is 2.84. The second-order valence-corrected chi connectivity index (χ2v) is 5.59. The molecule has 2 atom stereocenters. The van der Waals surface area contributed by atoms with Crippen LogP contribution in [0.1, 0.15) is 24.0 Å². The van der Waals surface area contributed by atoms with E-state index in [9.17, 15) is 0 Å². The first-order chi connectivity index (χ1) is 8.31. The molecule has 2 nitrogen and oxygen atoms in total. The van der Waals surface area contributed by atoms with Gasteiger partial charge in [-0.25, -0.2) is 0 Å². The average Bonchev–Trinajstić information content (AvgIpc) is 2.76. The molecule has 17 heavy (non-hydrogen) atoms. The molecular weight excluding hydrogens is 208 g/mol. The Balaban J connectivity index is 1.62. The Bertz CT molecular complexity index is 388. The van der Waals surface area contributed by atoms with Crippen molar-refractivity contribution in [2.24, 2.45) is 0 Å². The quantitative estimate of drug-likeness (QED) is 0.835. The van der Waals surface area contributed by atoms with Gasteiger partial charge >= 0.3 is 0 Å². The maximum absolute atomic E-state index is 3.72. The third-order valence-electron chi connectivity index (χ3n) is 4.16. The molecule has 0 amide bonds. The largest absolute Gasteiger partial charge is 0.311 e. The monoisotopic (exact) mass is 230 g/mol. The molecule has 2 saturated heterocycles. The number of nitrogens with one attached hydrogen (secondary N) is 1. The van der Waals surface area contributed by atoms with Gasteiger partial charge in [-0.3, -0.25) is 4.90 Å². The van der Waals surface area contributed by atoms with E-state index in [1.165, 1.54) is 50.0 Å². The Labute approximate surface area is 104 Å². The third kappa shape index (κ3) is 2.53. The van der Waals surface area contributed by atoms with Crippen molar-refractivity contribution in [3.8, 4) is 0 Å². The Kier molecular flexibility index (Phi) is 3.17. The minimum Gasteiger partial charge on any atom is -0.311 e. The molecule has 2 aliphatic rings. The molecule has 2 aliphatic heterocycles. The summed E-state index contributed by atoms with van der Waals surface area (Å²) in [5.74, 6) is 0. The molecule has 0 spiro atoms. The predicted molar refractivity (Wildman–Crippen MR) is 71.3 cm³/mol. The lowest BCUT2D eigenvalue weighted by molar-refractivity contribution is 0.172. The Morgan fingerprint density at radius 3 is 3.24 bits per heavy atom.